The largest absolute Gasteiger partial charge is 0.337 e. The summed E-state index contributed by atoms with van der Waals surface area (Å²) in [5, 5.41) is 5.55. The lowest BCUT2D eigenvalue weighted by molar-refractivity contribution is 0.239. The molecule has 94 valence electrons. The average Bonchev–Trinajstić information content (AvgIpc) is 2.34. The lowest BCUT2D eigenvalue weighted by Crippen LogP contribution is -2.44. The standard InChI is InChI=1S/C13H21N3O/c1-10(2)12(14)9-16-13(17)15-8-11-6-4-3-5-7-11/h3-7,10,12H,8-9,14H2,1-2H3,(H2,15,16,17). The first-order valence-corrected chi connectivity index (χ1v) is 5.91. The number of amides is 2. The first-order valence-electron chi connectivity index (χ1n) is 5.91. The van der Waals surface area contributed by atoms with Gasteiger partial charge in [-0.2, -0.15) is 0 Å². The Morgan fingerprint density at radius 1 is 1.24 bits per heavy atom. The zero-order valence-corrected chi connectivity index (χ0v) is 10.4. The van der Waals surface area contributed by atoms with Crippen LogP contribution in [0.25, 0.3) is 0 Å². The molecule has 0 saturated carbocycles. The van der Waals surface area contributed by atoms with Crippen molar-refractivity contribution in [1.29, 1.82) is 0 Å². The van der Waals surface area contributed by atoms with Crippen molar-refractivity contribution in [3.63, 3.8) is 0 Å². The van der Waals surface area contributed by atoms with E-state index in [0.29, 0.717) is 19.0 Å². The third kappa shape index (κ3) is 5.36. The number of carbonyl (C=O) groups is 1. The van der Waals surface area contributed by atoms with E-state index in [4.69, 9.17) is 5.73 Å². The van der Waals surface area contributed by atoms with Crippen molar-refractivity contribution in [3.8, 4) is 0 Å². The topological polar surface area (TPSA) is 67.1 Å². The van der Waals surface area contributed by atoms with Crippen LogP contribution in [0.4, 0.5) is 4.79 Å². The van der Waals surface area contributed by atoms with Gasteiger partial charge in [0.2, 0.25) is 0 Å². The third-order valence-electron chi connectivity index (χ3n) is 2.65. The Hall–Kier alpha value is -1.55. The van der Waals surface area contributed by atoms with Crippen LogP contribution in [0.1, 0.15) is 19.4 Å². The van der Waals surface area contributed by atoms with Crippen LogP contribution in [0.5, 0.6) is 0 Å². The maximum atomic E-state index is 11.5. The summed E-state index contributed by atoms with van der Waals surface area (Å²) >= 11 is 0. The molecule has 1 aromatic carbocycles. The van der Waals surface area contributed by atoms with Gasteiger partial charge in [0.15, 0.2) is 0 Å². The summed E-state index contributed by atoms with van der Waals surface area (Å²) in [5.41, 5.74) is 6.91. The Labute approximate surface area is 103 Å². The molecular weight excluding hydrogens is 214 g/mol. The fraction of sp³-hybridized carbons (Fsp3) is 0.462. The summed E-state index contributed by atoms with van der Waals surface area (Å²) in [6.45, 7) is 5.10. The van der Waals surface area contributed by atoms with E-state index in [2.05, 4.69) is 10.6 Å². The predicted octanol–water partition coefficient (Wildman–Crippen LogP) is 1.47. The Bertz CT molecular complexity index is 338. The van der Waals surface area contributed by atoms with Gasteiger partial charge in [-0.3, -0.25) is 0 Å². The van der Waals surface area contributed by atoms with Gasteiger partial charge in [0.25, 0.3) is 0 Å². The third-order valence-corrected chi connectivity index (χ3v) is 2.65. The summed E-state index contributed by atoms with van der Waals surface area (Å²) in [6, 6.07) is 9.61. The van der Waals surface area contributed by atoms with Crippen LogP contribution in [-0.2, 0) is 6.54 Å². The molecule has 4 nitrogen and oxygen atoms in total. The van der Waals surface area contributed by atoms with Crippen LogP contribution >= 0.6 is 0 Å². The molecule has 0 fully saturated rings. The molecule has 1 rings (SSSR count). The zero-order valence-electron chi connectivity index (χ0n) is 10.4. The van der Waals surface area contributed by atoms with Crippen LogP contribution in [0, 0.1) is 5.92 Å². The van der Waals surface area contributed by atoms with Crippen molar-refractivity contribution in [1.82, 2.24) is 10.6 Å². The molecule has 17 heavy (non-hydrogen) atoms. The van der Waals surface area contributed by atoms with Crippen LogP contribution in [-0.4, -0.2) is 18.6 Å². The van der Waals surface area contributed by atoms with Gasteiger partial charge in [-0.15, -0.1) is 0 Å². The maximum absolute atomic E-state index is 11.5. The normalized spacial score (nSPS) is 12.2. The summed E-state index contributed by atoms with van der Waals surface area (Å²) in [5.74, 6) is 0.365. The smallest absolute Gasteiger partial charge is 0.315 e. The van der Waals surface area contributed by atoms with E-state index in [1.165, 1.54) is 0 Å². The molecule has 0 spiro atoms. The number of carbonyl (C=O) groups excluding carboxylic acids is 1. The van der Waals surface area contributed by atoms with Crippen molar-refractivity contribution < 1.29 is 4.79 Å². The molecule has 4 heteroatoms. The summed E-state index contributed by atoms with van der Waals surface area (Å²) < 4.78 is 0. The molecule has 0 radical (unpaired) electrons. The molecule has 0 aliphatic heterocycles. The van der Waals surface area contributed by atoms with E-state index >= 15 is 0 Å². The highest BCUT2D eigenvalue weighted by molar-refractivity contribution is 5.73. The minimum absolute atomic E-state index is 0.00234. The lowest BCUT2D eigenvalue weighted by atomic mass is 10.1. The van der Waals surface area contributed by atoms with Gasteiger partial charge in [-0.1, -0.05) is 44.2 Å². The molecule has 0 saturated heterocycles. The Morgan fingerprint density at radius 3 is 2.47 bits per heavy atom. The molecule has 0 bridgehead atoms. The van der Waals surface area contributed by atoms with Gasteiger partial charge in [0.05, 0.1) is 0 Å². The van der Waals surface area contributed by atoms with Gasteiger partial charge in [-0.25, -0.2) is 4.79 Å². The summed E-state index contributed by atoms with van der Waals surface area (Å²) in [6.07, 6.45) is 0. The molecule has 0 aliphatic rings. The van der Waals surface area contributed by atoms with E-state index in [-0.39, 0.29) is 12.1 Å². The molecular formula is C13H21N3O. The van der Waals surface area contributed by atoms with Gasteiger partial charge >= 0.3 is 6.03 Å². The van der Waals surface area contributed by atoms with E-state index in [9.17, 15) is 4.79 Å². The predicted molar refractivity (Wildman–Crippen MR) is 69.5 cm³/mol. The molecule has 1 unspecified atom stereocenters. The van der Waals surface area contributed by atoms with E-state index < -0.39 is 0 Å². The molecule has 0 aliphatic carbocycles. The molecule has 4 N–H and O–H groups in total. The summed E-state index contributed by atoms with van der Waals surface area (Å²) in [4.78, 5) is 11.5. The van der Waals surface area contributed by atoms with Crippen molar-refractivity contribution in [2.75, 3.05) is 6.54 Å². The van der Waals surface area contributed by atoms with Crippen molar-refractivity contribution >= 4 is 6.03 Å². The number of hydrogen-bond acceptors (Lipinski definition) is 2. The minimum Gasteiger partial charge on any atom is -0.337 e. The quantitative estimate of drug-likeness (QED) is 0.723. The highest BCUT2D eigenvalue weighted by Gasteiger charge is 2.08. The van der Waals surface area contributed by atoms with Gasteiger partial charge in [0.1, 0.15) is 0 Å². The number of hydrogen-bond donors (Lipinski definition) is 3. The summed E-state index contributed by atoms with van der Waals surface area (Å²) in [7, 11) is 0. The van der Waals surface area contributed by atoms with Crippen LogP contribution in [0.2, 0.25) is 0 Å². The van der Waals surface area contributed by atoms with Crippen LogP contribution in [0.15, 0.2) is 30.3 Å². The van der Waals surface area contributed by atoms with Gasteiger partial charge in [-0.05, 0) is 11.5 Å². The average molecular weight is 235 g/mol. The monoisotopic (exact) mass is 235 g/mol. The Balaban J connectivity index is 2.22. The fourth-order valence-corrected chi connectivity index (χ4v) is 1.29. The fourth-order valence-electron chi connectivity index (χ4n) is 1.29. The molecule has 0 aromatic heterocycles. The number of benzene rings is 1. The Kier molecular flexibility index (Phi) is 5.49. The SMILES string of the molecule is CC(C)C(N)CNC(=O)NCc1ccccc1. The molecule has 1 atom stereocenters. The van der Waals surface area contributed by atoms with E-state index in [0.717, 1.165) is 5.56 Å². The second-order valence-electron chi connectivity index (χ2n) is 4.46. The van der Waals surface area contributed by atoms with Crippen LogP contribution in [0.3, 0.4) is 0 Å². The second-order valence-corrected chi connectivity index (χ2v) is 4.46. The van der Waals surface area contributed by atoms with Crippen LogP contribution < -0.4 is 16.4 Å². The molecule has 1 aromatic rings. The second kappa shape index (κ2) is 6.91. The number of nitrogens with one attached hydrogen (secondary N) is 2. The Morgan fingerprint density at radius 2 is 1.88 bits per heavy atom. The highest BCUT2D eigenvalue weighted by Crippen LogP contribution is 1.97. The first-order chi connectivity index (χ1) is 8.09. The van der Waals surface area contributed by atoms with Gasteiger partial charge in [0, 0.05) is 19.1 Å². The minimum atomic E-state index is -0.176. The van der Waals surface area contributed by atoms with E-state index in [1.54, 1.807) is 0 Å². The number of rotatable bonds is 5. The molecule has 0 heterocycles. The molecule has 2 amide bonds. The van der Waals surface area contributed by atoms with Crippen molar-refractivity contribution in [2.45, 2.75) is 26.4 Å². The number of nitrogens with two attached hydrogens (primary N) is 1. The highest BCUT2D eigenvalue weighted by atomic mass is 16.2. The van der Waals surface area contributed by atoms with Crippen molar-refractivity contribution in [3.05, 3.63) is 35.9 Å². The van der Waals surface area contributed by atoms with E-state index in [1.807, 2.05) is 44.2 Å². The van der Waals surface area contributed by atoms with Gasteiger partial charge < -0.3 is 16.4 Å². The first kappa shape index (κ1) is 13.5. The number of urea groups is 1. The maximum Gasteiger partial charge on any atom is 0.315 e. The zero-order chi connectivity index (χ0) is 12.7. The lowest BCUT2D eigenvalue weighted by Gasteiger charge is -2.16. The van der Waals surface area contributed by atoms with Crippen molar-refractivity contribution in [2.24, 2.45) is 11.7 Å².